The van der Waals surface area contributed by atoms with Crippen LogP contribution in [0.1, 0.15) is 42.1 Å². The highest BCUT2D eigenvalue weighted by Gasteiger charge is 2.26. The van der Waals surface area contributed by atoms with Crippen LogP contribution in [0.15, 0.2) is 47.4 Å². The molecule has 0 aliphatic carbocycles. The number of ketones is 1. The summed E-state index contributed by atoms with van der Waals surface area (Å²) < 4.78 is 32.7. The lowest BCUT2D eigenvalue weighted by Gasteiger charge is -2.26. The van der Waals surface area contributed by atoms with E-state index in [1.54, 1.807) is 43.3 Å². The van der Waals surface area contributed by atoms with Crippen LogP contribution in [-0.4, -0.2) is 44.1 Å². The summed E-state index contributed by atoms with van der Waals surface area (Å²) >= 11 is 0. The maximum Gasteiger partial charge on any atom is 0.262 e. The summed E-state index contributed by atoms with van der Waals surface area (Å²) in [5, 5.41) is 2.72. The minimum atomic E-state index is -3.58. The van der Waals surface area contributed by atoms with Gasteiger partial charge in [0.15, 0.2) is 12.4 Å². The number of nitrogens with zero attached hydrogens (tertiary/aromatic N) is 1. The molecule has 0 radical (unpaired) electrons. The number of hydrogen-bond donors (Lipinski definition) is 1. The van der Waals surface area contributed by atoms with Gasteiger partial charge in [0, 0.05) is 24.3 Å². The number of ether oxygens (including phenoxy) is 1. The predicted octanol–water partition coefficient (Wildman–Crippen LogP) is 3.39. The molecule has 1 heterocycles. The van der Waals surface area contributed by atoms with Gasteiger partial charge >= 0.3 is 0 Å². The standard InChI is InChI=1S/C22H26N2O5S/c1-16-6-11-20(30(27,28)24-12-4-3-5-13-24)14-21(16)23-22(26)15-29-19-9-7-18(8-10-19)17(2)25/h6-11,14H,3-5,12-13,15H2,1-2H3,(H,23,26). The highest BCUT2D eigenvalue weighted by atomic mass is 32.2. The lowest BCUT2D eigenvalue weighted by Crippen LogP contribution is -2.35. The highest BCUT2D eigenvalue weighted by molar-refractivity contribution is 7.89. The van der Waals surface area contributed by atoms with Gasteiger partial charge < -0.3 is 10.1 Å². The first-order valence-electron chi connectivity index (χ1n) is 9.92. The Labute approximate surface area is 177 Å². The van der Waals surface area contributed by atoms with Crippen LogP contribution in [0.5, 0.6) is 5.75 Å². The molecule has 0 spiro atoms. The smallest absolute Gasteiger partial charge is 0.262 e. The van der Waals surface area contributed by atoms with Gasteiger partial charge in [-0.05, 0) is 68.7 Å². The van der Waals surface area contributed by atoms with E-state index in [0.717, 1.165) is 24.8 Å². The first-order valence-corrected chi connectivity index (χ1v) is 11.4. The third-order valence-electron chi connectivity index (χ3n) is 5.07. The maximum atomic E-state index is 12.9. The van der Waals surface area contributed by atoms with Gasteiger partial charge in [0.05, 0.1) is 4.90 Å². The molecule has 1 aliphatic heterocycles. The van der Waals surface area contributed by atoms with Crippen molar-refractivity contribution in [3.05, 3.63) is 53.6 Å². The van der Waals surface area contributed by atoms with Crippen molar-refractivity contribution in [1.82, 2.24) is 4.31 Å². The quantitative estimate of drug-likeness (QED) is 0.680. The van der Waals surface area contributed by atoms with E-state index in [2.05, 4.69) is 5.32 Å². The SMILES string of the molecule is CC(=O)c1ccc(OCC(=O)Nc2cc(S(=O)(=O)N3CCCCC3)ccc2C)cc1. The number of amides is 1. The topological polar surface area (TPSA) is 92.8 Å². The number of piperidine rings is 1. The van der Waals surface area contributed by atoms with Crippen molar-refractivity contribution in [3.8, 4) is 5.75 Å². The van der Waals surface area contributed by atoms with E-state index in [-0.39, 0.29) is 17.3 Å². The molecule has 1 aliphatic rings. The predicted molar refractivity (Wildman–Crippen MR) is 114 cm³/mol. The molecular formula is C22H26N2O5S. The summed E-state index contributed by atoms with van der Waals surface area (Å²) in [6.07, 6.45) is 2.76. The van der Waals surface area contributed by atoms with Crippen LogP contribution >= 0.6 is 0 Å². The Bertz CT molecular complexity index is 1030. The van der Waals surface area contributed by atoms with E-state index in [0.29, 0.717) is 30.1 Å². The van der Waals surface area contributed by atoms with Crippen molar-refractivity contribution in [2.45, 2.75) is 38.0 Å². The number of benzene rings is 2. The Morgan fingerprint density at radius 3 is 2.33 bits per heavy atom. The van der Waals surface area contributed by atoms with Crippen molar-refractivity contribution < 1.29 is 22.7 Å². The van der Waals surface area contributed by atoms with Crippen molar-refractivity contribution in [1.29, 1.82) is 0 Å². The second kappa shape index (κ2) is 9.40. The Kier molecular flexibility index (Phi) is 6.89. The van der Waals surface area contributed by atoms with Crippen molar-refractivity contribution in [2.24, 2.45) is 0 Å². The molecule has 1 saturated heterocycles. The number of rotatable bonds is 7. The number of aryl methyl sites for hydroxylation is 1. The van der Waals surface area contributed by atoms with Gasteiger partial charge in [-0.15, -0.1) is 0 Å². The van der Waals surface area contributed by atoms with E-state index in [1.165, 1.54) is 17.3 Å². The number of carbonyl (C=O) groups is 2. The number of carbonyl (C=O) groups excluding carboxylic acids is 2. The van der Waals surface area contributed by atoms with E-state index in [4.69, 9.17) is 4.74 Å². The lowest BCUT2D eigenvalue weighted by molar-refractivity contribution is -0.118. The summed E-state index contributed by atoms with van der Waals surface area (Å²) in [6, 6.07) is 11.3. The molecule has 0 bridgehead atoms. The van der Waals surface area contributed by atoms with Crippen LogP contribution in [0.3, 0.4) is 0 Å². The molecule has 0 unspecified atom stereocenters. The highest BCUT2D eigenvalue weighted by Crippen LogP contribution is 2.25. The third-order valence-corrected chi connectivity index (χ3v) is 6.96. The Balaban J connectivity index is 1.66. The molecule has 2 aromatic rings. The largest absolute Gasteiger partial charge is 0.484 e. The van der Waals surface area contributed by atoms with Crippen LogP contribution < -0.4 is 10.1 Å². The fourth-order valence-corrected chi connectivity index (χ4v) is 4.82. The lowest BCUT2D eigenvalue weighted by atomic mass is 10.1. The van der Waals surface area contributed by atoms with Crippen LogP contribution in [0.4, 0.5) is 5.69 Å². The fraction of sp³-hybridized carbons (Fsp3) is 0.364. The molecule has 1 fully saturated rings. The zero-order valence-corrected chi connectivity index (χ0v) is 18.0. The number of hydrogen-bond acceptors (Lipinski definition) is 5. The van der Waals surface area contributed by atoms with Gasteiger partial charge in [-0.1, -0.05) is 12.5 Å². The first-order chi connectivity index (χ1) is 14.3. The number of Topliss-reactive ketones (excluding diaryl/α,β-unsaturated/α-hetero) is 1. The molecule has 0 aromatic heterocycles. The normalized spacial score (nSPS) is 14.9. The molecule has 30 heavy (non-hydrogen) atoms. The van der Waals surface area contributed by atoms with Crippen LogP contribution in [0, 0.1) is 6.92 Å². The molecule has 0 atom stereocenters. The average Bonchev–Trinajstić information content (AvgIpc) is 2.74. The van der Waals surface area contributed by atoms with E-state index in [1.807, 2.05) is 0 Å². The molecule has 0 saturated carbocycles. The number of nitrogens with one attached hydrogen (secondary N) is 1. The Morgan fingerprint density at radius 2 is 1.70 bits per heavy atom. The number of anilines is 1. The van der Waals surface area contributed by atoms with Crippen molar-refractivity contribution in [2.75, 3.05) is 25.0 Å². The number of sulfonamides is 1. The Morgan fingerprint density at radius 1 is 1.03 bits per heavy atom. The molecule has 2 aromatic carbocycles. The third kappa shape index (κ3) is 5.25. The van der Waals surface area contributed by atoms with Crippen LogP contribution in [0.2, 0.25) is 0 Å². The summed E-state index contributed by atoms with van der Waals surface area (Å²) in [5.41, 5.74) is 1.76. The second-order valence-electron chi connectivity index (χ2n) is 7.36. The molecule has 3 rings (SSSR count). The van der Waals surface area contributed by atoms with E-state index < -0.39 is 15.9 Å². The zero-order chi connectivity index (χ0) is 21.7. The minimum Gasteiger partial charge on any atom is -0.484 e. The van der Waals surface area contributed by atoms with Gasteiger partial charge in [0.25, 0.3) is 5.91 Å². The van der Waals surface area contributed by atoms with Crippen molar-refractivity contribution >= 4 is 27.4 Å². The molecule has 160 valence electrons. The molecule has 1 amide bonds. The molecule has 1 N–H and O–H groups in total. The van der Waals surface area contributed by atoms with Crippen LogP contribution in [-0.2, 0) is 14.8 Å². The second-order valence-corrected chi connectivity index (χ2v) is 9.30. The molecule has 7 nitrogen and oxygen atoms in total. The summed E-state index contributed by atoms with van der Waals surface area (Å²) in [5.74, 6) is 0.0173. The van der Waals surface area contributed by atoms with E-state index in [9.17, 15) is 18.0 Å². The maximum absolute atomic E-state index is 12.9. The summed E-state index contributed by atoms with van der Waals surface area (Å²) in [7, 11) is -3.58. The van der Waals surface area contributed by atoms with Gasteiger partial charge in [-0.25, -0.2) is 8.42 Å². The minimum absolute atomic E-state index is 0.0471. The van der Waals surface area contributed by atoms with Gasteiger partial charge in [0.1, 0.15) is 5.75 Å². The Hall–Kier alpha value is -2.71. The van der Waals surface area contributed by atoms with E-state index >= 15 is 0 Å². The van der Waals surface area contributed by atoms with Gasteiger partial charge in [-0.3, -0.25) is 9.59 Å². The fourth-order valence-electron chi connectivity index (χ4n) is 3.27. The van der Waals surface area contributed by atoms with Crippen LogP contribution in [0.25, 0.3) is 0 Å². The summed E-state index contributed by atoms with van der Waals surface area (Å²) in [4.78, 5) is 23.8. The molecule has 8 heteroatoms. The molecular weight excluding hydrogens is 404 g/mol. The summed E-state index contributed by atoms with van der Waals surface area (Å²) in [6.45, 7) is 4.09. The van der Waals surface area contributed by atoms with Gasteiger partial charge in [-0.2, -0.15) is 4.31 Å². The zero-order valence-electron chi connectivity index (χ0n) is 17.2. The average molecular weight is 431 g/mol. The van der Waals surface area contributed by atoms with Gasteiger partial charge in [0.2, 0.25) is 10.0 Å². The first kappa shape index (κ1) is 22.0. The monoisotopic (exact) mass is 430 g/mol. The van der Waals surface area contributed by atoms with Crippen molar-refractivity contribution in [3.63, 3.8) is 0 Å².